The molecule has 1 aromatic rings. The van der Waals surface area contributed by atoms with E-state index in [0.717, 1.165) is 18.8 Å². The molecule has 0 atom stereocenters. The highest BCUT2D eigenvalue weighted by molar-refractivity contribution is 6.39. The fourth-order valence-electron chi connectivity index (χ4n) is 2.17. The molecule has 3 N–H and O–H groups in total. The van der Waals surface area contributed by atoms with Gasteiger partial charge in [0.15, 0.2) is 0 Å². The van der Waals surface area contributed by atoms with Crippen LogP contribution in [-0.4, -0.2) is 32.0 Å². The van der Waals surface area contributed by atoms with Crippen molar-refractivity contribution in [2.75, 3.05) is 30.4 Å². The average molecular weight is 263 g/mol. The van der Waals surface area contributed by atoms with E-state index in [1.165, 1.54) is 12.8 Å². The molecule has 1 aliphatic heterocycles. The Kier molecular flexibility index (Phi) is 3.89. The minimum absolute atomic E-state index is 0.489. The van der Waals surface area contributed by atoms with Gasteiger partial charge in [-0.25, -0.2) is 0 Å². The monoisotopic (exact) mass is 263 g/mol. The number of anilines is 2. The van der Waals surface area contributed by atoms with E-state index in [4.69, 9.17) is 10.5 Å². The van der Waals surface area contributed by atoms with Crippen LogP contribution < -0.4 is 20.7 Å². The maximum absolute atomic E-state index is 11.2. The smallest absolute Gasteiger partial charge is 0.313 e. The van der Waals surface area contributed by atoms with Gasteiger partial charge in [-0.3, -0.25) is 9.59 Å². The summed E-state index contributed by atoms with van der Waals surface area (Å²) in [5.41, 5.74) is 6.38. The second kappa shape index (κ2) is 5.60. The summed E-state index contributed by atoms with van der Waals surface area (Å²) in [4.78, 5) is 24.2. The Balaban J connectivity index is 2.20. The predicted molar refractivity (Wildman–Crippen MR) is 72.3 cm³/mol. The van der Waals surface area contributed by atoms with Gasteiger partial charge in [-0.2, -0.15) is 0 Å². The first kappa shape index (κ1) is 13.2. The summed E-state index contributed by atoms with van der Waals surface area (Å²) < 4.78 is 5.33. The molecular formula is C13H17N3O3. The van der Waals surface area contributed by atoms with Crippen molar-refractivity contribution in [2.45, 2.75) is 12.8 Å². The highest BCUT2D eigenvalue weighted by atomic mass is 16.5. The number of hydrogen-bond donors (Lipinski definition) is 2. The van der Waals surface area contributed by atoms with Gasteiger partial charge in [-0.15, -0.1) is 0 Å². The van der Waals surface area contributed by atoms with Crippen LogP contribution >= 0.6 is 0 Å². The van der Waals surface area contributed by atoms with Crippen LogP contribution in [-0.2, 0) is 9.59 Å². The molecule has 1 saturated heterocycles. The summed E-state index contributed by atoms with van der Waals surface area (Å²) in [6, 6.07) is 5.30. The van der Waals surface area contributed by atoms with Gasteiger partial charge in [0.1, 0.15) is 5.75 Å². The Hall–Kier alpha value is -2.24. The Morgan fingerprint density at radius 2 is 2.00 bits per heavy atom. The molecule has 0 saturated carbocycles. The van der Waals surface area contributed by atoms with E-state index in [2.05, 4.69) is 10.2 Å². The molecule has 6 nitrogen and oxygen atoms in total. The lowest BCUT2D eigenvalue weighted by molar-refractivity contribution is -0.134. The standard InChI is InChI=1S/C13H17N3O3/c1-19-11-8-9(15-13(18)12(14)17)4-5-10(11)16-6-2-3-7-16/h4-5,8H,2-3,6-7H2,1H3,(H2,14,17)(H,15,18). The van der Waals surface area contributed by atoms with E-state index < -0.39 is 11.8 Å². The molecule has 19 heavy (non-hydrogen) atoms. The number of nitrogens with one attached hydrogen (secondary N) is 1. The van der Waals surface area contributed by atoms with Gasteiger partial charge in [0, 0.05) is 24.8 Å². The van der Waals surface area contributed by atoms with Gasteiger partial charge in [-0.05, 0) is 25.0 Å². The van der Waals surface area contributed by atoms with Crippen LogP contribution in [0.2, 0.25) is 0 Å². The number of nitrogens with two attached hydrogens (primary N) is 1. The summed E-state index contributed by atoms with van der Waals surface area (Å²) in [5.74, 6) is -1.18. The second-order valence-electron chi connectivity index (χ2n) is 4.40. The Labute approximate surface area is 111 Å². The van der Waals surface area contributed by atoms with E-state index in [1.807, 2.05) is 6.07 Å². The van der Waals surface area contributed by atoms with E-state index >= 15 is 0 Å². The van der Waals surface area contributed by atoms with E-state index in [1.54, 1.807) is 19.2 Å². The van der Waals surface area contributed by atoms with Gasteiger partial charge in [0.25, 0.3) is 0 Å². The van der Waals surface area contributed by atoms with Gasteiger partial charge >= 0.3 is 11.8 Å². The fraction of sp³-hybridized carbons (Fsp3) is 0.385. The molecule has 1 heterocycles. The maximum Gasteiger partial charge on any atom is 0.313 e. The number of rotatable bonds is 3. The molecule has 6 heteroatoms. The molecule has 102 valence electrons. The van der Waals surface area contributed by atoms with Gasteiger partial charge in [-0.1, -0.05) is 0 Å². The van der Waals surface area contributed by atoms with Crippen molar-refractivity contribution in [3.8, 4) is 5.75 Å². The number of hydrogen-bond acceptors (Lipinski definition) is 4. The SMILES string of the molecule is COc1cc(NC(=O)C(N)=O)ccc1N1CCCC1. The molecule has 0 bridgehead atoms. The fourth-order valence-corrected chi connectivity index (χ4v) is 2.17. The van der Waals surface area contributed by atoms with Crippen molar-refractivity contribution in [3.63, 3.8) is 0 Å². The summed E-state index contributed by atoms with van der Waals surface area (Å²) in [5, 5.41) is 2.42. The van der Waals surface area contributed by atoms with Crippen LogP contribution in [0, 0.1) is 0 Å². The Morgan fingerprint density at radius 3 is 2.58 bits per heavy atom. The first-order valence-electron chi connectivity index (χ1n) is 6.15. The minimum atomic E-state index is -1.01. The van der Waals surface area contributed by atoms with Crippen molar-refractivity contribution in [2.24, 2.45) is 5.73 Å². The molecular weight excluding hydrogens is 246 g/mol. The molecule has 0 aromatic heterocycles. The third-order valence-electron chi connectivity index (χ3n) is 3.11. The number of nitrogens with zero attached hydrogens (tertiary/aromatic N) is 1. The first-order valence-corrected chi connectivity index (χ1v) is 6.15. The molecule has 1 aliphatic rings. The minimum Gasteiger partial charge on any atom is -0.495 e. The molecule has 1 fully saturated rings. The first-order chi connectivity index (χ1) is 9.11. The number of carbonyl (C=O) groups excluding carboxylic acids is 2. The van der Waals surface area contributed by atoms with Gasteiger partial charge in [0.2, 0.25) is 0 Å². The highest BCUT2D eigenvalue weighted by Crippen LogP contribution is 2.33. The number of ether oxygens (including phenoxy) is 1. The van der Waals surface area contributed by atoms with E-state index in [0.29, 0.717) is 11.4 Å². The zero-order chi connectivity index (χ0) is 13.8. The molecule has 0 unspecified atom stereocenters. The van der Waals surface area contributed by atoms with Crippen molar-refractivity contribution in [1.29, 1.82) is 0 Å². The topological polar surface area (TPSA) is 84.7 Å². The number of amides is 2. The van der Waals surface area contributed by atoms with Crippen LogP contribution in [0.3, 0.4) is 0 Å². The molecule has 2 rings (SSSR count). The highest BCUT2D eigenvalue weighted by Gasteiger charge is 2.17. The van der Waals surface area contributed by atoms with E-state index in [-0.39, 0.29) is 0 Å². The molecule has 0 radical (unpaired) electrons. The van der Waals surface area contributed by atoms with Crippen LogP contribution in [0.4, 0.5) is 11.4 Å². The van der Waals surface area contributed by atoms with Gasteiger partial charge in [0.05, 0.1) is 12.8 Å². The summed E-state index contributed by atoms with van der Waals surface area (Å²) >= 11 is 0. The molecule has 2 amide bonds. The number of benzene rings is 1. The third kappa shape index (κ3) is 2.96. The molecule has 0 spiro atoms. The van der Waals surface area contributed by atoms with E-state index in [9.17, 15) is 9.59 Å². The summed E-state index contributed by atoms with van der Waals surface area (Å²) in [6.07, 6.45) is 2.34. The zero-order valence-electron chi connectivity index (χ0n) is 10.8. The number of carbonyl (C=O) groups is 2. The van der Waals surface area contributed by atoms with Crippen LogP contribution in [0.1, 0.15) is 12.8 Å². The van der Waals surface area contributed by atoms with Crippen molar-refractivity contribution in [3.05, 3.63) is 18.2 Å². The molecule has 0 aliphatic carbocycles. The van der Waals surface area contributed by atoms with Crippen LogP contribution in [0.25, 0.3) is 0 Å². The lowest BCUT2D eigenvalue weighted by Crippen LogP contribution is -2.29. The quantitative estimate of drug-likeness (QED) is 0.787. The lowest BCUT2D eigenvalue weighted by atomic mass is 10.2. The maximum atomic E-state index is 11.2. The predicted octanol–water partition coefficient (Wildman–Crippen LogP) is 0.719. The van der Waals surface area contributed by atoms with Crippen LogP contribution in [0.15, 0.2) is 18.2 Å². The summed E-state index contributed by atoms with van der Waals surface area (Å²) in [6.45, 7) is 2.01. The second-order valence-corrected chi connectivity index (χ2v) is 4.40. The summed E-state index contributed by atoms with van der Waals surface area (Å²) in [7, 11) is 1.58. The molecule has 1 aromatic carbocycles. The van der Waals surface area contributed by atoms with Gasteiger partial charge < -0.3 is 20.7 Å². The van der Waals surface area contributed by atoms with Crippen LogP contribution in [0.5, 0.6) is 5.75 Å². The Morgan fingerprint density at radius 1 is 1.32 bits per heavy atom. The van der Waals surface area contributed by atoms with Crippen molar-refractivity contribution >= 4 is 23.2 Å². The Bertz CT molecular complexity index is 496. The van der Waals surface area contributed by atoms with Crippen molar-refractivity contribution < 1.29 is 14.3 Å². The largest absolute Gasteiger partial charge is 0.495 e. The van der Waals surface area contributed by atoms with Crippen molar-refractivity contribution in [1.82, 2.24) is 0 Å². The third-order valence-corrected chi connectivity index (χ3v) is 3.11. The number of methoxy groups -OCH3 is 1. The normalized spacial score (nSPS) is 14.3. The average Bonchev–Trinajstić information content (AvgIpc) is 2.92. The zero-order valence-corrected chi connectivity index (χ0v) is 10.8. The number of primary amides is 1. The lowest BCUT2D eigenvalue weighted by Gasteiger charge is -2.21.